The third kappa shape index (κ3) is 2.60. The van der Waals surface area contributed by atoms with Crippen molar-refractivity contribution in [2.24, 2.45) is 5.41 Å². The summed E-state index contributed by atoms with van der Waals surface area (Å²) in [6.45, 7) is 1.75. The molecule has 0 radical (unpaired) electrons. The summed E-state index contributed by atoms with van der Waals surface area (Å²) in [6.07, 6.45) is -4.02. The average molecular weight is 295 g/mol. The summed E-state index contributed by atoms with van der Waals surface area (Å²) in [6, 6.07) is 5.55. The zero-order valence-corrected chi connectivity index (χ0v) is 11.8. The highest BCUT2D eigenvalue weighted by Gasteiger charge is 2.62. The first-order valence-electron chi connectivity index (χ1n) is 6.94. The van der Waals surface area contributed by atoms with Gasteiger partial charge in [0.15, 0.2) is 0 Å². The van der Waals surface area contributed by atoms with E-state index >= 15 is 0 Å². The molecule has 2 aliphatic rings. The fourth-order valence-electron chi connectivity index (χ4n) is 2.49. The Morgan fingerprint density at radius 3 is 2.71 bits per heavy atom. The average Bonchev–Trinajstić information content (AvgIpc) is 3.22. The number of halogens is 3. The van der Waals surface area contributed by atoms with Gasteiger partial charge in [0.05, 0.1) is 13.2 Å². The maximum Gasteiger partial charge on any atom is 0.405 e. The number of rotatable bonds is 0. The molecule has 0 atom stereocenters. The zero-order chi connectivity index (χ0) is 15.1. The van der Waals surface area contributed by atoms with E-state index in [-0.39, 0.29) is 12.8 Å². The van der Waals surface area contributed by atoms with Crippen molar-refractivity contribution in [2.75, 3.05) is 25.1 Å². The normalized spacial score (nSPS) is 20.1. The van der Waals surface area contributed by atoms with E-state index < -0.39 is 11.6 Å². The third-order valence-corrected chi connectivity index (χ3v) is 4.11. The topological polar surface area (TPSA) is 12.5 Å². The summed E-state index contributed by atoms with van der Waals surface area (Å²) in [5, 5.41) is 0. The first-order valence-corrected chi connectivity index (χ1v) is 6.94. The smallest absolute Gasteiger partial charge is 0.375 e. The molecule has 1 fully saturated rings. The molecule has 1 heterocycles. The van der Waals surface area contributed by atoms with Gasteiger partial charge < -0.3 is 9.64 Å². The van der Waals surface area contributed by atoms with Crippen LogP contribution in [-0.2, 0) is 11.3 Å². The molecule has 3 rings (SSSR count). The lowest BCUT2D eigenvalue weighted by Gasteiger charge is -2.19. The summed E-state index contributed by atoms with van der Waals surface area (Å²) in [5.41, 5.74) is 0.712. The van der Waals surface area contributed by atoms with E-state index in [1.54, 1.807) is 6.07 Å². The molecule has 5 heteroatoms. The molecule has 1 aromatic rings. The van der Waals surface area contributed by atoms with Crippen LogP contribution < -0.4 is 4.90 Å². The molecule has 112 valence electrons. The first kappa shape index (κ1) is 14.3. The number of alkyl halides is 3. The molecule has 0 unspecified atom stereocenters. The van der Waals surface area contributed by atoms with Crippen LogP contribution in [0.1, 0.15) is 24.0 Å². The Morgan fingerprint density at radius 1 is 1.29 bits per heavy atom. The number of fused-ring (bicyclic) bond motifs is 1. The summed E-state index contributed by atoms with van der Waals surface area (Å²) in [7, 11) is 1.95. The number of likely N-dealkylation sites (N-methyl/N-ethyl adjacent to an activating group) is 1. The summed E-state index contributed by atoms with van der Waals surface area (Å²) >= 11 is 0. The highest BCUT2D eigenvalue weighted by Crippen LogP contribution is 2.57. The van der Waals surface area contributed by atoms with E-state index in [4.69, 9.17) is 4.74 Å². The van der Waals surface area contributed by atoms with Gasteiger partial charge in [0, 0.05) is 30.4 Å². The first-order chi connectivity index (χ1) is 9.93. The van der Waals surface area contributed by atoms with Crippen LogP contribution in [0.15, 0.2) is 18.2 Å². The van der Waals surface area contributed by atoms with Gasteiger partial charge in [-0.15, -0.1) is 0 Å². The number of benzene rings is 1. The van der Waals surface area contributed by atoms with E-state index in [1.165, 1.54) is 0 Å². The number of nitrogens with zero attached hydrogens (tertiary/aromatic N) is 1. The molecular weight excluding hydrogens is 279 g/mol. The van der Waals surface area contributed by atoms with Crippen molar-refractivity contribution in [1.82, 2.24) is 0 Å². The Kier molecular flexibility index (Phi) is 3.37. The number of ether oxygens (including phenoxy) is 1. The van der Waals surface area contributed by atoms with E-state index in [0.717, 1.165) is 17.8 Å². The van der Waals surface area contributed by atoms with Gasteiger partial charge in [0.25, 0.3) is 0 Å². The van der Waals surface area contributed by atoms with E-state index in [9.17, 15) is 13.2 Å². The Morgan fingerprint density at radius 2 is 2.05 bits per heavy atom. The minimum atomic E-state index is -4.24. The summed E-state index contributed by atoms with van der Waals surface area (Å²) in [4.78, 5) is 2.05. The molecule has 1 aromatic carbocycles. The van der Waals surface area contributed by atoms with Crippen molar-refractivity contribution in [3.05, 3.63) is 29.3 Å². The van der Waals surface area contributed by atoms with Crippen LogP contribution in [0.5, 0.6) is 0 Å². The fraction of sp³-hybridized carbons (Fsp3) is 0.500. The molecule has 1 aliphatic carbocycles. The van der Waals surface area contributed by atoms with Crippen molar-refractivity contribution in [3.63, 3.8) is 0 Å². The molecule has 0 bridgehead atoms. The molecule has 21 heavy (non-hydrogen) atoms. The number of hydrogen-bond donors (Lipinski definition) is 0. The highest BCUT2D eigenvalue weighted by atomic mass is 19.4. The van der Waals surface area contributed by atoms with Gasteiger partial charge in [0.1, 0.15) is 5.41 Å². The van der Waals surface area contributed by atoms with E-state index in [1.807, 2.05) is 24.1 Å². The predicted molar refractivity (Wildman–Crippen MR) is 74.0 cm³/mol. The van der Waals surface area contributed by atoms with Gasteiger partial charge in [-0.2, -0.15) is 13.2 Å². The highest BCUT2D eigenvalue weighted by molar-refractivity contribution is 5.61. The largest absolute Gasteiger partial charge is 0.405 e. The molecule has 1 saturated carbocycles. The molecule has 0 N–H and O–H groups in total. The van der Waals surface area contributed by atoms with Gasteiger partial charge in [-0.1, -0.05) is 17.9 Å². The summed E-state index contributed by atoms with van der Waals surface area (Å²) in [5.74, 6) is 5.22. The monoisotopic (exact) mass is 295 g/mol. The molecule has 0 amide bonds. The zero-order valence-electron chi connectivity index (χ0n) is 11.8. The number of hydrogen-bond acceptors (Lipinski definition) is 2. The fourth-order valence-corrected chi connectivity index (χ4v) is 2.49. The van der Waals surface area contributed by atoms with Crippen molar-refractivity contribution in [2.45, 2.75) is 25.6 Å². The predicted octanol–water partition coefficient (Wildman–Crippen LogP) is 3.35. The standard InChI is InChI=1S/C16H16F3NO/c1-20-9-10-21-11-13-12(3-2-4-14(13)20)5-6-15(7-8-15)16(17,18)19/h2-4H,7-11H2,1H3. The molecule has 1 aliphatic heterocycles. The van der Waals surface area contributed by atoms with Crippen LogP contribution in [0.3, 0.4) is 0 Å². The van der Waals surface area contributed by atoms with Gasteiger partial charge in [-0.05, 0) is 25.0 Å². The second kappa shape index (κ2) is 4.96. The molecule has 0 spiro atoms. The SMILES string of the molecule is CN1CCOCc2c(C#CC3(C(F)(F)F)CC3)cccc21. The van der Waals surface area contributed by atoms with Crippen LogP contribution >= 0.6 is 0 Å². The van der Waals surface area contributed by atoms with E-state index in [0.29, 0.717) is 18.8 Å². The minimum Gasteiger partial charge on any atom is -0.375 e. The van der Waals surface area contributed by atoms with Gasteiger partial charge in [-0.3, -0.25) is 0 Å². The van der Waals surface area contributed by atoms with Crippen LogP contribution in [0.4, 0.5) is 18.9 Å². The van der Waals surface area contributed by atoms with Crippen molar-refractivity contribution >= 4 is 5.69 Å². The lowest BCUT2D eigenvalue weighted by molar-refractivity contribution is -0.168. The minimum absolute atomic E-state index is 0.106. The Labute approximate surface area is 121 Å². The maximum absolute atomic E-state index is 12.9. The quantitative estimate of drug-likeness (QED) is 0.681. The van der Waals surface area contributed by atoms with Crippen molar-refractivity contribution in [1.29, 1.82) is 0 Å². The van der Waals surface area contributed by atoms with Crippen LogP contribution in [0.25, 0.3) is 0 Å². The Balaban J connectivity index is 1.97. The molecule has 0 aromatic heterocycles. The summed E-state index contributed by atoms with van der Waals surface area (Å²) < 4.78 is 44.3. The lowest BCUT2D eigenvalue weighted by Crippen LogP contribution is -2.22. The van der Waals surface area contributed by atoms with Gasteiger partial charge >= 0.3 is 6.18 Å². The Bertz CT molecular complexity index is 608. The second-order valence-electron chi connectivity index (χ2n) is 5.61. The number of anilines is 1. The Hall–Kier alpha value is -1.67. The van der Waals surface area contributed by atoms with Gasteiger partial charge in [-0.25, -0.2) is 0 Å². The van der Waals surface area contributed by atoms with Crippen molar-refractivity contribution < 1.29 is 17.9 Å². The van der Waals surface area contributed by atoms with Gasteiger partial charge in [0.2, 0.25) is 0 Å². The van der Waals surface area contributed by atoms with Crippen LogP contribution in [-0.4, -0.2) is 26.4 Å². The lowest BCUT2D eigenvalue weighted by atomic mass is 10.0. The molecule has 0 saturated heterocycles. The third-order valence-electron chi connectivity index (χ3n) is 4.11. The van der Waals surface area contributed by atoms with Crippen LogP contribution in [0.2, 0.25) is 0 Å². The second-order valence-corrected chi connectivity index (χ2v) is 5.61. The van der Waals surface area contributed by atoms with Crippen molar-refractivity contribution in [3.8, 4) is 11.8 Å². The van der Waals surface area contributed by atoms with E-state index in [2.05, 4.69) is 11.8 Å². The molecule has 2 nitrogen and oxygen atoms in total. The molecular formula is C16H16F3NO. The maximum atomic E-state index is 12.9. The van der Waals surface area contributed by atoms with Crippen LogP contribution in [0, 0.1) is 17.3 Å².